The van der Waals surface area contributed by atoms with Gasteiger partial charge in [-0.15, -0.1) is 0 Å². The highest BCUT2D eigenvalue weighted by Crippen LogP contribution is 2.23. The van der Waals surface area contributed by atoms with Gasteiger partial charge in [0, 0.05) is 13.1 Å². The maximum atomic E-state index is 12.2. The molecule has 5 N–H and O–H groups in total. The number of aromatic nitrogens is 4. The summed E-state index contributed by atoms with van der Waals surface area (Å²) in [5.74, 6) is -0.826. The van der Waals surface area contributed by atoms with Gasteiger partial charge in [-0.3, -0.25) is 14.6 Å². The Bertz CT molecular complexity index is 1120. The Kier molecular flexibility index (Phi) is 5.52. The van der Waals surface area contributed by atoms with Crippen molar-refractivity contribution in [1.29, 1.82) is 0 Å². The zero-order chi connectivity index (χ0) is 20.4. The number of carbonyl (C=O) groups is 1. The lowest BCUT2D eigenvalue weighted by molar-refractivity contribution is -0.138. The van der Waals surface area contributed by atoms with Crippen LogP contribution in [0.25, 0.3) is 22.6 Å². The fourth-order valence-electron chi connectivity index (χ4n) is 2.97. The number of benzene rings is 1. The normalized spacial score (nSPS) is 12.5. The molecular formula is C18H22N6O4. The van der Waals surface area contributed by atoms with Gasteiger partial charge < -0.3 is 20.7 Å². The second kappa shape index (κ2) is 7.87. The molecule has 1 atom stereocenters. The minimum atomic E-state index is -1.04. The summed E-state index contributed by atoms with van der Waals surface area (Å²) in [6.45, 7) is 5.24. The van der Waals surface area contributed by atoms with Gasteiger partial charge in [0.25, 0.3) is 5.56 Å². The van der Waals surface area contributed by atoms with Gasteiger partial charge in [0.05, 0.1) is 11.0 Å². The van der Waals surface area contributed by atoms with E-state index in [-0.39, 0.29) is 11.5 Å². The number of fused-ring (bicyclic) bond motifs is 2. The smallest absolute Gasteiger partial charge is 0.349 e. The molecule has 0 saturated carbocycles. The van der Waals surface area contributed by atoms with Gasteiger partial charge in [0.15, 0.2) is 11.5 Å². The molecule has 0 aliphatic carbocycles. The number of nitrogens with two attached hydrogens (primary N) is 1. The number of carboxylic acids is 1. The Morgan fingerprint density at radius 1 is 1.25 bits per heavy atom. The third kappa shape index (κ3) is 3.92. The number of nitrogens with zero attached hydrogens (tertiary/aromatic N) is 3. The summed E-state index contributed by atoms with van der Waals surface area (Å²) in [4.78, 5) is 45.2. The first-order valence-corrected chi connectivity index (χ1v) is 8.89. The molecule has 10 heteroatoms. The zero-order valence-electron chi connectivity index (χ0n) is 15.7. The number of aryl methyl sites for hydroxylation is 2. The van der Waals surface area contributed by atoms with Crippen molar-refractivity contribution in [3.63, 3.8) is 0 Å². The van der Waals surface area contributed by atoms with E-state index in [0.29, 0.717) is 31.6 Å². The van der Waals surface area contributed by atoms with Crippen LogP contribution in [0.2, 0.25) is 0 Å². The molecule has 0 saturated heterocycles. The van der Waals surface area contributed by atoms with E-state index in [1.807, 2.05) is 26.0 Å². The number of aliphatic carboxylic acids is 1. The molecule has 148 valence electrons. The third-order valence-electron chi connectivity index (χ3n) is 4.69. The van der Waals surface area contributed by atoms with E-state index in [4.69, 9.17) is 10.8 Å². The van der Waals surface area contributed by atoms with Crippen molar-refractivity contribution in [2.24, 2.45) is 5.73 Å². The lowest BCUT2D eigenvalue weighted by Crippen LogP contribution is -2.35. The van der Waals surface area contributed by atoms with Crippen molar-refractivity contribution in [3.05, 3.63) is 44.1 Å². The molecule has 0 fully saturated rings. The third-order valence-corrected chi connectivity index (χ3v) is 4.69. The quantitative estimate of drug-likeness (QED) is 0.315. The number of carboxylic acid groups (broad SMARTS) is 1. The number of nitrogens with one attached hydrogen (secondary N) is 2. The average Bonchev–Trinajstić information content (AvgIpc) is 2.62. The van der Waals surface area contributed by atoms with E-state index in [2.05, 4.69) is 20.3 Å². The highest BCUT2D eigenvalue weighted by atomic mass is 16.4. The monoisotopic (exact) mass is 386 g/mol. The van der Waals surface area contributed by atoms with Crippen LogP contribution in [0.15, 0.2) is 21.7 Å². The van der Waals surface area contributed by atoms with Gasteiger partial charge in [0.2, 0.25) is 0 Å². The summed E-state index contributed by atoms with van der Waals surface area (Å²) in [7, 11) is 0. The first-order chi connectivity index (χ1) is 13.3. The van der Waals surface area contributed by atoms with Crippen LogP contribution in [0, 0.1) is 13.8 Å². The molecule has 28 heavy (non-hydrogen) atoms. The van der Waals surface area contributed by atoms with Crippen molar-refractivity contribution in [2.75, 3.05) is 13.1 Å². The maximum Gasteiger partial charge on any atom is 0.349 e. The van der Waals surface area contributed by atoms with Gasteiger partial charge >= 0.3 is 11.7 Å². The molecule has 2 heterocycles. The number of H-pyrrole nitrogens is 1. The van der Waals surface area contributed by atoms with Crippen LogP contribution < -0.4 is 22.3 Å². The minimum absolute atomic E-state index is 0.100. The lowest BCUT2D eigenvalue weighted by atomic mass is 10.1. The second-order valence-corrected chi connectivity index (χ2v) is 6.72. The molecule has 0 radical (unpaired) electrons. The Morgan fingerprint density at radius 3 is 2.68 bits per heavy atom. The average molecular weight is 386 g/mol. The summed E-state index contributed by atoms with van der Waals surface area (Å²) in [6, 6.07) is 2.92. The molecular weight excluding hydrogens is 364 g/mol. The molecule has 2 aliphatic heterocycles. The number of rotatable bonds is 7. The summed E-state index contributed by atoms with van der Waals surface area (Å²) >= 11 is 0. The maximum absolute atomic E-state index is 12.2. The Labute approximate surface area is 159 Å². The fourth-order valence-corrected chi connectivity index (χ4v) is 2.97. The Morgan fingerprint density at radius 2 is 1.96 bits per heavy atom. The SMILES string of the molecule is Cc1cc2nc3c(=O)[nH]c(=O)nc-3n(CCNCCC(N)C(=O)O)c2cc1C. The van der Waals surface area contributed by atoms with Crippen molar-refractivity contribution in [2.45, 2.75) is 32.9 Å². The van der Waals surface area contributed by atoms with Crippen LogP contribution in [0.4, 0.5) is 0 Å². The van der Waals surface area contributed by atoms with Crippen molar-refractivity contribution in [1.82, 2.24) is 24.8 Å². The van der Waals surface area contributed by atoms with Crippen LogP contribution >= 0.6 is 0 Å². The zero-order valence-corrected chi connectivity index (χ0v) is 15.7. The van der Waals surface area contributed by atoms with Gasteiger partial charge in [-0.1, -0.05) is 0 Å². The predicted molar refractivity (Wildman–Crippen MR) is 104 cm³/mol. The summed E-state index contributed by atoms with van der Waals surface area (Å²) in [5.41, 5.74) is 7.77. The van der Waals surface area contributed by atoms with E-state index in [1.54, 1.807) is 4.57 Å². The first kappa shape index (κ1) is 19.6. The van der Waals surface area contributed by atoms with Crippen LogP contribution in [-0.2, 0) is 11.3 Å². The number of hydrogen-bond donors (Lipinski definition) is 4. The molecule has 0 bridgehead atoms. The van der Waals surface area contributed by atoms with Gasteiger partial charge in [0.1, 0.15) is 6.04 Å². The van der Waals surface area contributed by atoms with E-state index >= 15 is 0 Å². The molecule has 0 aromatic heterocycles. The largest absolute Gasteiger partial charge is 0.480 e. The number of hydrogen-bond acceptors (Lipinski definition) is 7. The Hall–Kier alpha value is -3.11. The van der Waals surface area contributed by atoms with E-state index in [9.17, 15) is 14.4 Å². The molecule has 3 rings (SSSR count). The molecule has 0 amide bonds. The lowest BCUT2D eigenvalue weighted by Gasteiger charge is -2.18. The van der Waals surface area contributed by atoms with Gasteiger partial charge in [-0.25, -0.2) is 9.78 Å². The standard InChI is InChI=1S/C18H22N6O4/c1-9-7-12-13(8-10(9)2)24(6-5-20-4-3-11(19)17(26)27)15-14(21-12)16(25)23-18(28)22-15/h7-8,11,20H,3-6,19H2,1-2H3,(H,26,27)(H,23,25,28). The van der Waals surface area contributed by atoms with Crippen LogP contribution in [0.3, 0.4) is 0 Å². The van der Waals surface area contributed by atoms with Crippen molar-refractivity contribution < 1.29 is 9.90 Å². The van der Waals surface area contributed by atoms with E-state index in [0.717, 1.165) is 16.6 Å². The molecule has 1 aromatic carbocycles. The van der Waals surface area contributed by atoms with E-state index in [1.165, 1.54) is 0 Å². The summed E-state index contributed by atoms with van der Waals surface area (Å²) in [5, 5.41) is 11.9. The van der Waals surface area contributed by atoms with E-state index < -0.39 is 23.3 Å². The summed E-state index contributed by atoms with van der Waals surface area (Å²) < 4.78 is 1.78. The molecule has 0 spiro atoms. The highest BCUT2D eigenvalue weighted by molar-refractivity contribution is 5.81. The summed E-state index contributed by atoms with van der Waals surface area (Å²) in [6.07, 6.45) is 0.290. The van der Waals surface area contributed by atoms with Crippen molar-refractivity contribution >= 4 is 17.0 Å². The topological polar surface area (TPSA) is 156 Å². The highest BCUT2D eigenvalue weighted by Gasteiger charge is 2.19. The Balaban J connectivity index is 1.96. The van der Waals surface area contributed by atoms with Crippen molar-refractivity contribution in [3.8, 4) is 11.5 Å². The van der Waals surface area contributed by atoms with Gasteiger partial charge in [-0.05, 0) is 50.1 Å². The molecule has 1 unspecified atom stereocenters. The van der Waals surface area contributed by atoms with Crippen LogP contribution in [0.1, 0.15) is 17.5 Å². The van der Waals surface area contributed by atoms with Crippen LogP contribution in [-0.4, -0.2) is 49.7 Å². The molecule has 2 aliphatic rings. The second-order valence-electron chi connectivity index (χ2n) is 6.72. The number of aromatic amines is 1. The fraction of sp³-hybridized carbons (Fsp3) is 0.389. The minimum Gasteiger partial charge on any atom is -0.480 e. The van der Waals surface area contributed by atoms with Gasteiger partial charge in [-0.2, -0.15) is 4.98 Å². The molecule has 1 aromatic rings. The first-order valence-electron chi connectivity index (χ1n) is 8.89. The predicted octanol–water partition coefficient (Wildman–Crippen LogP) is -0.407. The molecule has 10 nitrogen and oxygen atoms in total. The van der Waals surface area contributed by atoms with Crippen LogP contribution in [0.5, 0.6) is 0 Å².